The van der Waals surface area contributed by atoms with Crippen LogP contribution in [0.1, 0.15) is 63.3 Å². The van der Waals surface area contributed by atoms with E-state index in [1.165, 1.54) is 0 Å². The predicted octanol–water partition coefficient (Wildman–Crippen LogP) is 5.67. The van der Waals surface area contributed by atoms with Crippen LogP contribution in [0.5, 0.6) is 17.5 Å². The van der Waals surface area contributed by atoms with Gasteiger partial charge in [-0.1, -0.05) is 12.1 Å². The molecule has 55 heavy (non-hydrogen) atoms. The van der Waals surface area contributed by atoms with Gasteiger partial charge in [0, 0.05) is 54.8 Å². The van der Waals surface area contributed by atoms with Gasteiger partial charge in [-0.25, -0.2) is 9.78 Å². The van der Waals surface area contributed by atoms with Crippen molar-refractivity contribution in [2.75, 3.05) is 69.2 Å². The van der Waals surface area contributed by atoms with E-state index in [4.69, 9.17) is 38.9 Å². The maximum Gasteiger partial charge on any atom is 0.410 e. The molecule has 1 amide bonds. The Kier molecular flexibility index (Phi) is 10.2. The summed E-state index contributed by atoms with van der Waals surface area (Å²) in [5.74, 6) is 3.76. The van der Waals surface area contributed by atoms with Crippen molar-refractivity contribution in [3.8, 4) is 17.5 Å². The van der Waals surface area contributed by atoms with Crippen LogP contribution in [0.3, 0.4) is 0 Å². The number of fused-ring (bicyclic) bond motifs is 4. The van der Waals surface area contributed by atoms with E-state index in [-0.39, 0.29) is 18.2 Å². The number of methoxy groups -OCH3 is 2. The number of benzene rings is 2. The van der Waals surface area contributed by atoms with Crippen molar-refractivity contribution in [2.24, 2.45) is 0 Å². The number of likely N-dealkylation sites (N-methyl/N-ethyl adjacent to an activating group) is 1. The predicted molar refractivity (Wildman–Crippen MR) is 211 cm³/mol. The normalized spacial score (nSPS) is 21.1. The molecular weight excluding hydrogens is 699 g/mol. The summed E-state index contributed by atoms with van der Waals surface area (Å²) in [6.45, 7) is 10.5. The Bertz CT molecular complexity index is 2030. The van der Waals surface area contributed by atoms with Crippen LogP contribution in [-0.4, -0.2) is 114 Å². The van der Waals surface area contributed by atoms with E-state index >= 15 is 0 Å². The molecule has 4 aliphatic rings. The van der Waals surface area contributed by atoms with Gasteiger partial charge in [0.15, 0.2) is 0 Å². The summed E-state index contributed by atoms with van der Waals surface area (Å²) in [6, 6.07) is 14.8. The van der Waals surface area contributed by atoms with Crippen molar-refractivity contribution in [1.82, 2.24) is 29.7 Å². The smallest absolute Gasteiger partial charge is 0.410 e. The maximum atomic E-state index is 13.3. The molecule has 2 aromatic heterocycles. The van der Waals surface area contributed by atoms with Crippen LogP contribution in [0.15, 0.2) is 42.5 Å². The van der Waals surface area contributed by atoms with E-state index in [9.17, 15) is 4.79 Å². The Morgan fingerprint density at radius 2 is 1.71 bits per heavy atom. The second-order valence-corrected chi connectivity index (χ2v) is 16.1. The maximum absolute atomic E-state index is 13.3. The fraction of sp³-hybridized carbons (Fsp3) is 0.537. The Hall–Kier alpha value is -5.11. The zero-order chi connectivity index (χ0) is 38.3. The van der Waals surface area contributed by atoms with Gasteiger partial charge in [-0.15, -0.1) is 0 Å². The van der Waals surface area contributed by atoms with Gasteiger partial charge in [0.05, 0.1) is 44.1 Å². The van der Waals surface area contributed by atoms with Crippen LogP contribution in [0, 0.1) is 0 Å². The first-order valence-corrected chi connectivity index (χ1v) is 19.5. The molecule has 292 valence electrons. The first-order valence-electron chi connectivity index (χ1n) is 19.5. The molecule has 3 atom stereocenters. The number of amides is 1. The minimum atomic E-state index is -0.541. The summed E-state index contributed by atoms with van der Waals surface area (Å²) in [5.41, 5.74) is 3.35. The van der Waals surface area contributed by atoms with Gasteiger partial charge < -0.3 is 39.0 Å². The zero-order valence-electron chi connectivity index (χ0n) is 32.9. The molecule has 2 aromatic carbocycles. The molecule has 14 nitrogen and oxygen atoms in total. The second-order valence-electron chi connectivity index (χ2n) is 16.1. The number of carbonyl (C=O) groups is 1. The molecule has 0 unspecified atom stereocenters. The number of likely N-dealkylation sites (tertiary alicyclic amines) is 1. The van der Waals surface area contributed by atoms with Crippen molar-refractivity contribution >= 4 is 34.6 Å². The van der Waals surface area contributed by atoms with Gasteiger partial charge in [0.1, 0.15) is 35.3 Å². The highest BCUT2D eigenvalue weighted by Crippen LogP contribution is 2.38. The Labute approximate surface area is 323 Å². The van der Waals surface area contributed by atoms with E-state index < -0.39 is 5.60 Å². The van der Waals surface area contributed by atoms with Crippen LogP contribution >= 0.6 is 0 Å². The van der Waals surface area contributed by atoms with Crippen molar-refractivity contribution in [1.29, 1.82) is 0 Å². The number of para-hydroxylation sites is 1. The van der Waals surface area contributed by atoms with Crippen molar-refractivity contribution in [3.05, 3.63) is 59.3 Å². The molecular formula is C41H53N9O5. The molecule has 0 spiro atoms. The van der Waals surface area contributed by atoms with Gasteiger partial charge in [-0.2, -0.15) is 15.0 Å². The number of hydrogen-bond donors (Lipinski definition) is 1. The molecule has 4 aliphatic heterocycles. The van der Waals surface area contributed by atoms with Gasteiger partial charge in [-0.3, -0.25) is 4.90 Å². The summed E-state index contributed by atoms with van der Waals surface area (Å²) in [7, 11) is 5.45. The van der Waals surface area contributed by atoms with Gasteiger partial charge >= 0.3 is 12.1 Å². The van der Waals surface area contributed by atoms with Gasteiger partial charge in [0.25, 0.3) is 0 Å². The van der Waals surface area contributed by atoms with Crippen molar-refractivity contribution in [3.63, 3.8) is 0 Å². The first-order chi connectivity index (χ1) is 26.6. The molecule has 0 radical (unpaired) electrons. The van der Waals surface area contributed by atoms with E-state index in [0.29, 0.717) is 50.8 Å². The lowest BCUT2D eigenvalue weighted by Crippen LogP contribution is -2.57. The highest BCUT2D eigenvalue weighted by Gasteiger charge is 2.45. The third kappa shape index (κ3) is 7.73. The minimum Gasteiger partial charge on any atom is -0.497 e. The molecule has 4 aromatic rings. The van der Waals surface area contributed by atoms with Crippen LogP contribution in [0.2, 0.25) is 0 Å². The number of hydrogen-bond acceptors (Lipinski definition) is 13. The third-order valence-corrected chi connectivity index (χ3v) is 11.3. The zero-order valence-corrected chi connectivity index (χ0v) is 32.9. The standard InChI is InChI=1S/C41H53N9O5/c1-41(2,3)55-40(51)50-27-14-15-28(50)23-49(22-27)37-32-17-19-48(24-34(32)44-39(46-37)54-25-29-10-9-18-47(29)4)36-31-11-7-8-12-33(31)43-38(45-36)42-21-26-13-16-30(52-5)20-35(26)53-6/h7-8,11-13,16,20,27-29H,9-10,14-15,17-19,21-25H2,1-6H3,(H,42,43,45)/t27-,28+,29-/m0/s1. The summed E-state index contributed by atoms with van der Waals surface area (Å²) in [5, 5.41) is 4.42. The average Bonchev–Trinajstić information content (AvgIpc) is 3.72. The average molecular weight is 752 g/mol. The lowest BCUT2D eigenvalue weighted by Gasteiger charge is -2.43. The number of nitrogens with zero attached hydrogens (tertiary/aromatic N) is 8. The third-order valence-electron chi connectivity index (χ3n) is 11.3. The number of aromatic nitrogens is 4. The molecule has 0 aliphatic carbocycles. The van der Waals surface area contributed by atoms with Crippen LogP contribution in [0.4, 0.5) is 22.4 Å². The fourth-order valence-electron chi connectivity index (χ4n) is 8.50. The summed E-state index contributed by atoms with van der Waals surface area (Å²) >= 11 is 0. The number of nitrogens with one attached hydrogen (secondary N) is 1. The Morgan fingerprint density at radius 3 is 2.44 bits per heavy atom. The topological polar surface area (TPSA) is 131 Å². The van der Waals surface area contributed by atoms with Crippen LogP contribution < -0.4 is 29.3 Å². The SMILES string of the molecule is COc1ccc(CNc2nc(N3CCc4c(nc(OC[C@@H]5CCCN5C)nc4N4C[C@H]5CC[C@@H](C4)N5C(=O)OC(C)(C)C)C3)c3ccccc3n2)c(OC)c1. The fourth-order valence-corrected chi connectivity index (χ4v) is 8.50. The summed E-state index contributed by atoms with van der Waals surface area (Å²) in [6.07, 6.45) is 4.67. The van der Waals surface area contributed by atoms with Gasteiger partial charge in [-0.05, 0) is 90.7 Å². The highest BCUT2D eigenvalue weighted by atomic mass is 16.6. The second kappa shape index (κ2) is 15.2. The molecule has 8 rings (SSSR count). The van der Waals surface area contributed by atoms with Crippen LogP contribution in [0.25, 0.3) is 10.9 Å². The molecule has 1 N–H and O–H groups in total. The Balaban J connectivity index is 1.08. The summed E-state index contributed by atoms with van der Waals surface area (Å²) in [4.78, 5) is 42.5. The number of rotatable bonds is 10. The molecule has 2 bridgehead atoms. The van der Waals surface area contributed by atoms with Crippen molar-refractivity contribution < 1.29 is 23.7 Å². The molecule has 6 heterocycles. The van der Waals surface area contributed by atoms with Gasteiger partial charge in [0.2, 0.25) is 5.95 Å². The lowest BCUT2D eigenvalue weighted by molar-refractivity contribution is 0.0122. The van der Waals surface area contributed by atoms with E-state index in [2.05, 4.69) is 33.1 Å². The monoisotopic (exact) mass is 751 g/mol. The van der Waals surface area contributed by atoms with Crippen molar-refractivity contribution in [2.45, 2.75) is 89.7 Å². The quantitative estimate of drug-likeness (QED) is 0.214. The lowest BCUT2D eigenvalue weighted by atomic mass is 10.0. The molecule has 0 saturated carbocycles. The molecule has 3 saturated heterocycles. The first kappa shape index (κ1) is 36.8. The number of carbonyl (C=O) groups excluding carboxylic acids is 1. The number of piperazine rings is 1. The summed E-state index contributed by atoms with van der Waals surface area (Å²) < 4.78 is 23.3. The number of anilines is 3. The van der Waals surface area contributed by atoms with Crippen LogP contribution in [-0.2, 0) is 24.2 Å². The number of ether oxygens (including phenoxy) is 4. The van der Waals surface area contributed by atoms with E-state index in [1.54, 1.807) is 14.2 Å². The minimum absolute atomic E-state index is 0.0620. The van der Waals surface area contributed by atoms with E-state index in [0.717, 1.165) is 96.1 Å². The van der Waals surface area contributed by atoms with E-state index in [1.807, 2.05) is 62.1 Å². The Morgan fingerprint density at radius 1 is 0.909 bits per heavy atom. The largest absolute Gasteiger partial charge is 0.497 e. The molecule has 14 heteroatoms. The molecule has 3 fully saturated rings. The highest BCUT2D eigenvalue weighted by molar-refractivity contribution is 5.90.